The minimum absolute atomic E-state index is 0.0304. The van der Waals surface area contributed by atoms with E-state index in [1.54, 1.807) is 0 Å². The second kappa shape index (κ2) is 5.70. The van der Waals surface area contributed by atoms with Gasteiger partial charge < -0.3 is 17.7 Å². The minimum Gasteiger partial charge on any atom is -0.487 e. The van der Waals surface area contributed by atoms with Crippen molar-refractivity contribution < 1.29 is 22.1 Å². The molecule has 8 heteroatoms. The number of pyridine rings is 1. The van der Waals surface area contributed by atoms with Crippen LogP contribution in [0.4, 0.5) is 17.3 Å². The molecule has 0 aliphatic heterocycles. The van der Waals surface area contributed by atoms with Crippen LogP contribution in [0.25, 0.3) is 0 Å². The molecule has 0 N–H and O–H groups in total. The summed E-state index contributed by atoms with van der Waals surface area (Å²) in [5.74, 6) is -0.643. The van der Waals surface area contributed by atoms with E-state index in [9.17, 15) is 17.3 Å². The molecule has 1 aromatic carbocycles. The van der Waals surface area contributed by atoms with E-state index in [-0.39, 0.29) is 17.4 Å². The maximum absolute atomic E-state index is 13.2. The van der Waals surface area contributed by atoms with E-state index in [0.717, 1.165) is 24.5 Å². The molecule has 1 aromatic heterocycles. The number of halogens is 5. The molecule has 0 saturated carbocycles. The average molecular weight is 304 g/mol. The number of nitrogens with zero attached hydrogens (tertiary/aromatic N) is 1. The number of benzene rings is 1. The molecule has 106 valence electrons. The minimum atomic E-state index is -5.13. The molecule has 0 saturated heterocycles. The van der Waals surface area contributed by atoms with Gasteiger partial charge in [0.1, 0.15) is 18.2 Å². The van der Waals surface area contributed by atoms with Gasteiger partial charge in [0, 0.05) is 6.20 Å². The van der Waals surface area contributed by atoms with Crippen molar-refractivity contribution in [2.24, 2.45) is 0 Å². The van der Waals surface area contributed by atoms with E-state index in [4.69, 9.17) is 16.3 Å². The third-order valence-corrected chi connectivity index (χ3v) is 2.81. The van der Waals surface area contributed by atoms with Gasteiger partial charge in [0.25, 0.3) is 0 Å². The van der Waals surface area contributed by atoms with Crippen molar-refractivity contribution in [2.75, 3.05) is 0 Å². The molecule has 20 heavy (non-hydrogen) atoms. The summed E-state index contributed by atoms with van der Waals surface area (Å²) in [5, 5.41) is -0.0304. The third kappa shape index (κ3) is 3.63. The highest BCUT2D eigenvalue weighted by Gasteiger charge is 2.26. The maximum atomic E-state index is 13.2. The van der Waals surface area contributed by atoms with Crippen molar-refractivity contribution in [1.82, 2.24) is 4.98 Å². The van der Waals surface area contributed by atoms with Crippen LogP contribution in [0.2, 0.25) is 5.02 Å². The van der Waals surface area contributed by atoms with Gasteiger partial charge in [-0.3, -0.25) is 4.98 Å². The lowest BCUT2D eigenvalue weighted by Gasteiger charge is -2.15. The number of rotatable bonds is 4. The Bertz CT molecular complexity index is 621. The highest BCUT2D eigenvalue weighted by Crippen LogP contribution is 2.18. The van der Waals surface area contributed by atoms with E-state index in [1.807, 2.05) is 0 Å². The number of hydrogen-bond donors (Lipinski definition) is 0. The first-order valence-corrected chi connectivity index (χ1v) is 5.95. The van der Waals surface area contributed by atoms with Crippen molar-refractivity contribution >= 4 is 24.0 Å². The Kier molecular flexibility index (Phi) is 4.18. The molecule has 0 spiro atoms. The Hall–Kier alpha value is -1.76. The summed E-state index contributed by atoms with van der Waals surface area (Å²) in [6.07, 6.45) is 1.90. The molecule has 0 amide bonds. The summed E-state index contributed by atoms with van der Waals surface area (Å²) in [4.78, 5) is 3.47. The Morgan fingerprint density at radius 2 is 1.90 bits per heavy atom. The summed E-state index contributed by atoms with van der Waals surface area (Å²) >= 11 is 5.52. The van der Waals surface area contributed by atoms with Gasteiger partial charge in [-0.05, 0) is 23.8 Å². The highest BCUT2D eigenvalue weighted by molar-refractivity contribution is 6.73. The summed E-state index contributed by atoms with van der Waals surface area (Å²) in [5.41, 5.74) is -0.389. The second-order valence-electron chi connectivity index (χ2n) is 4.07. The second-order valence-corrected chi connectivity index (χ2v) is 4.47. The van der Waals surface area contributed by atoms with Gasteiger partial charge in [-0.25, -0.2) is 4.39 Å². The van der Waals surface area contributed by atoms with E-state index in [1.165, 1.54) is 12.1 Å². The van der Waals surface area contributed by atoms with Gasteiger partial charge in [-0.1, -0.05) is 23.1 Å². The fraction of sp³-hybridized carbons (Fsp3) is 0.0833. The molecule has 0 fully saturated rings. The van der Waals surface area contributed by atoms with Crippen molar-refractivity contribution in [3.63, 3.8) is 0 Å². The summed E-state index contributed by atoms with van der Waals surface area (Å²) < 4.78 is 55.9. The molecule has 2 nitrogen and oxygen atoms in total. The van der Waals surface area contributed by atoms with Crippen molar-refractivity contribution in [3.05, 3.63) is 53.1 Å². The Morgan fingerprint density at radius 3 is 2.55 bits per heavy atom. The molecule has 0 bridgehead atoms. The predicted octanol–water partition coefficient (Wildman–Crippen LogP) is 3.51. The molecular weight excluding hydrogens is 296 g/mol. The lowest BCUT2D eigenvalue weighted by Crippen LogP contribution is -2.34. The SMILES string of the molecule is Fc1cc(COc2cncc([B-](F)(F)F)c2)ccc1Cl. The normalized spacial score (nSPS) is 11.4. The lowest BCUT2D eigenvalue weighted by atomic mass is 9.81. The summed E-state index contributed by atoms with van der Waals surface area (Å²) in [6.45, 7) is -5.21. The zero-order valence-electron chi connectivity index (χ0n) is 9.99. The molecule has 0 unspecified atom stereocenters. The van der Waals surface area contributed by atoms with E-state index >= 15 is 0 Å². The van der Waals surface area contributed by atoms with Gasteiger partial charge in [0.2, 0.25) is 0 Å². The van der Waals surface area contributed by atoms with E-state index < -0.39 is 18.3 Å². The van der Waals surface area contributed by atoms with Crippen LogP contribution in [-0.2, 0) is 6.61 Å². The van der Waals surface area contributed by atoms with Crippen LogP contribution >= 0.6 is 11.6 Å². The van der Waals surface area contributed by atoms with E-state index in [0.29, 0.717) is 5.56 Å². The molecule has 0 radical (unpaired) electrons. The van der Waals surface area contributed by atoms with Gasteiger partial charge in [0.15, 0.2) is 0 Å². The van der Waals surface area contributed by atoms with Gasteiger partial charge >= 0.3 is 6.98 Å². The van der Waals surface area contributed by atoms with Gasteiger partial charge in [-0.2, -0.15) is 0 Å². The number of hydrogen-bond acceptors (Lipinski definition) is 2. The lowest BCUT2D eigenvalue weighted by molar-refractivity contribution is 0.304. The molecule has 0 aliphatic carbocycles. The number of ether oxygens (including phenoxy) is 1. The number of aromatic nitrogens is 1. The molecule has 0 aliphatic rings. The first kappa shape index (κ1) is 14.6. The van der Waals surface area contributed by atoms with Crippen molar-refractivity contribution in [2.45, 2.75) is 6.61 Å². The fourth-order valence-corrected chi connectivity index (χ4v) is 1.61. The highest BCUT2D eigenvalue weighted by atomic mass is 35.5. The Balaban J connectivity index is 2.09. The van der Waals surface area contributed by atoms with Crippen LogP contribution in [0.15, 0.2) is 36.7 Å². The van der Waals surface area contributed by atoms with Gasteiger partial charge in [-0.15, -0.1) is 0 Å². The fourth-order valence-electron chi connectivity index (χ4n) is 1.49. The maximum Gasteiger partial charge on any atom is 0.511 e. The van der Waals surface area contributed by atoms with Crippen molar-refractivity contribution in [3.8, 4) is 5.75 Å². The van der Waals surface area contributed by atoms with Crippen LogP contribution in [0.3, 0.4) is 0 Å². The molecule has 2 aromatic rings. The van der Waals surface area contributed by atoms with Crippen molar-refractivity contribution in [1.29, 1.82) is 0 Å². The third-order valence-electron chi connectivity index (χ3n) is 2.50. The van der Waals surface area contributed by atoms with Crippen LogP contribution in [0.1, 0.15) is 5.56 Å². The molecule has 1 heterocycles. The van der Waals surface area contributed by atoms with Crippen LogP contribution in [-0.4, -0.2) is 12.0 Å². The smallest absolute Gasteiger partial charge is 0.487 e. The standard InChI is InChI=1S/C12H8BClF4NO/c14-11-2-1-8(3-12(11)15)7-20-10-4-9(5-19-6-10)13(16,17)18/h1-6H,7H2/q-1. The molecular formula is C12H8BClF4NO-. The van der Waals surface area contributed by atoms with Crippen LogP contribution < -0.4 is 10.2 Å². The predicted molar refractivity (Wildman–Crippen MR) is 68.7 cm³/mol. The Morgan fingerprint density at radius 1 is 1.15 bits per heavy atom. The quantitative estimate of drug-likeness (QED) is 0.637. The topological polar surface area (TPSA) is 22.1 Å². The monoisotopic (exact) mass is 304 g/mol. The summed E-state index contributed by atoms with van der Waals surface area (Å²) in [7, 11) is 0. The largest absolute Gasteiger partial charge is 0.511 e. The molecule has 0 atom stereocenters. The summed E-state index contributed by atoms with van der Waals surface area (Å²) in [6, 6.07) is 4.89. The molecule has 2 rings (SSSR count). The van der Waals surface area contributed by atoms with Crippen LogP contribution in [0.5, 0.6) is 5.75 Å². The zero-order chi connectivity index (χ0) is 14.8. The first-order valence-electron chi connectivity index (χ1n) is 5.58. The Labute approximate surface area is 117 Å². The van der Waals surface area contributed by atoms with Gasteiger partial charge in [0.05, 0.1) is 11.2 Å². The zero-order valence-corrected chi connectivity index (χ0v) is 10.7. The van der Waals surface area contributed by atoms with Crippen LogP contribution in [0, 0.1) is 5.82 Å². The average Bonchev–Trinajstić information content (AvgIpc) is 2.39. The van der Waals surface area contributed by atoms with E-state index in [2.05, 4.69) is 4.98 Å². The first-order chi connectivity index (χ1) is 9.36.